The Labute approximate surface area is 119 Å². The lowest BCUT2D eigenvalue weighted by Gasteiger charge is -2.20. The lowest BCUT2D eigenvalue weighted by molar-refractivity contribution is -0.130. The fraction of sp³-hybridized carbons (Fsp3) is 0.467. The molecular weight excluding hydrogens is 254 g/mol. The van der Waals surface area contributed by atoms with E-state index < -0.39 is 6.04 Å². The molecule has 1 aliphatic heterocycles. The number of nitrogens with zero attached hydrogens (tertiary/aromatic N) is 1. The van der Waals surface area contributed by atoms with Crippen molar-refractivity contribution in [3.05, 3.63) is 29.3 Å². The third-order valence-corrected chi connectivity index (χ3v) is 3.46. The van der Waals surface area contributed by atoms with Gasteiger partial charge in [-0.2, -0.15) is 0 Å². The Morgan fingerprint density at radius 2 is 2.10 bits per heavy atom. The molecule has 5 heteroatoms. The average molecular weight is 275 g/mol. The first-order chi connectivity index (χ1) is 9.49. The second-order valence-corrected chi connectivity index (χ2v) is 5.33. The quantitative estimate of drug-likeness (QED) is 0.873. The van der Waals surface area contributed by atoms with Crippen molar-refractivity contribution < 1.29 is 9.59 Å². The summed E-state index contributed by atoms with van der Waals surface area (Å²) in [5.74, 6) is -0.320. The van der Waals surface area contributed by atoms with Gasteiger partial charge in [0, 0.05) is 31.9 Å². The number of amides is 2. The fourth-order valence-electron chi connectivity index (χ4n) is 2.35. The second-order valence-electron chi connectivity index (χ2n) is 5.33. The molecule has 20 heavy (non-hydrogen) atoms. The van der Waals surface area contributed by atoms with Gasteiger partial charge in [0.2, 0.25) is 5.91 Å². The summed E-state index contributed by atoms with van der Waals surface area (Å²) >= 11 is 0. The van der Waals surface area contributed by atoms with Crippen molar-refractivity contribution in [2.45, 2.75) is 25.8 Å². The number of likely N-dealkylation sites (N-methyl/N-ethyl adjacent to an activating group) is 1. The van der Waals surface area contributed by atoms with Crippen molar-refractivity contribution in [3.8, 4) is 0 Å². The standard InChI is InChI=1S/C15H21N3O2/c1-10(15(20)18(2)3)17-14(19)12-6-7-13-11(9-12)5-4-8-16-13/h6-7,9-10,16H,4-5,8H2,1-3H3,(H,17,19). The Morgan fingerprint density at radius 3 is 2.80 bits per heavy atom. The van der Waals surface area contributed by atoms with Crippen molar-refractivity contribution in [2.75, 3.05) is 26.0 Å². The molecule has 1 atom stereocenters. The predicted molar refractivity (Wildman–Crippen MR) is 78.9 cm³/mol. The minimum Gasteiger partial charge on any atom is -0.385 e. The molecule has 5 nitrogen and oxygen atoms in total. The summed E-state index contributed by atoms with van der Waals surface area (Å²) in [4.78, 5) is 25.4. The van der Waals surface area contributed by atoms with Gasteiger partial charge in [-0.3, -0.25) is 9.59 Å². The highest BCUT2D eigenvalue weighted by Crippen LogP contribution is 2.22. The molecule has 0 bridgehead atoms. The van der Waals surface area contributed by atoms with E-state index >= 15 is 0 Å². The molecule has 0 aromatic heterocycles. The van der Waals surface area contributed by atoms with E-state index in [9.17, 15) is 9.59 Å². The van der Waals surface area contributed by atoms with Crippen LogP contribution in [0.15, 0.2) is 18.2 Å². The third-order valence-electron chi connectivity index (χ3n) is 3.46. The number of hydrogen-bond donors (Lipinski definition) is 2. The smallest absolute Gasteiger partial charge is 0.251 e. The normalized spacial score (nSPS) is 14.8. The van der Waals surface area contributed by atoms with Crippen LogP contribution in [0.3, 0.4) is 0 Å². The molecular formula is C15H21N3O2. The number of rotatable bonds is 3. The van der Waals surface area contributed by atoms with Crippen LogP contribution in [0.1, 0.15) is 29.3 Å². The van der Waals surface area contributed by atoms with Crippen LogP contribution in [0, 0.1) is 0 Å². The van der Waals surface area contributed by atoms with Gasteiger partial charge in [-0.15, -0.1) is 0 Å². The van der Waals surface area contributed by atoms with Crippen LogP contribution in [-0.2, 0) is 11.2 Å². The van der Waals surface area contributed by atoms with E-state index in [0.29, 0.717) is 5.56 Å². The second kappa shape index (κ2) is 5.94. The summed E-state index contributed by atoms with van der Waals surface area (Å²) in [6, 6.07) is 5.11. The number of carbonyl (C=O) groups is 2. The van der Waals surface area contributed by atoms with E-state index in [1.54, 1.807) is 27.1 Å². The molecule has 0 spiro atoms. The number of nitrogens with one attached hydrogen (secondary N) is 2. The van der Waals surface area contributed by atoms with Gasteiger partial charge in [-0.05, 0) is 43.5 Å². The van der Waals surface area contributed by atoms with E-state index in [2.05, 4.69) is 10.6 Å². The van der Waals surface area contributed by atoms with E-state index in [0.717, 1.165) is 30.6 Å². The summed E-state index contributed by atoms with van der Waals surface area (Å²) in [7, 11) is 3.35. The number of anilines is 1. The Hall–Kier alpha value is -2.04. The number of carbonyl (C=O) groups excluding carboxylic acids is 2. The van der Waals surface area contributed by atoms with Gasteiger partial charge in [0.1, 0.15) is 6.04 Å². The first kappa shape index (κ1) is 14.4. The Bertz CT molecular complexity index is 526. The molecule has 2 amide bonds. The van der Waals surface area contributed by atoms with Crippen molar-refractivity contribution in [1.82, 2.24) is 10.2 Å². The SMILES string of the molecule is CC(NC(=O)c1ccc2c(c1)CCCN2)C(=O)N(C)C. The molecule has 0 radical (unpaired) electrons. The minimum absolute atomic E-state index is 0.113. The molecule has 1 heterocycles. The van der Waals surface area contributed by atoms with Gasteiger partial charge in [0.05, 0.1) is 0 Å². The van der Waals surface area contributed by atoms with Gasteiger partial charge >= 0.3 is 0 Å². The summed E-state index contributed by atoms with van der Waals surface area (Å²) in [5.41, 5.74) is 2.87. The Morgan fingerprint density at radius 1 is 1.35 bits per heavy atom. The van der Waals surface area contributed by atoms with Crippen LogP contribution in [-0.4, -0.2) is 43.4 Å². The highest BCUT2D eigenvalue weighted by atomic mass is 16.2. The van der Waals surface area contributed by atoms with Crippen LogP contribution >= 0.6 is 0 Å². The Balaban J connectivity index is 2.08. The minimum atomic E-state index is -0.522. The molecule has 1 aliphatic rings. The zero-order chi connectivity index (χ0) is 14.7. The number of benzene rings is 1. The molecule has 0 fully saturated rings. The molecule has 1 aromatic rings. The van der Waals surface area contributed by atoms with Crippen molar-refractivity contribution >= 4 is 17.5 Å². The molecule has 1 aromatic carbocycles. The maximum atomic E-state index is 12.2. The summed E-state index contributed by atoms with van der Waals surface area (Å²) in [6.45, 7) is 2.67. The van der Waals surface area contributed by atoms with Crippen molar-refractivity contribution in [2.24, 2.45) is 0 Å². The van der Waals surface area contributed by atoms with Crippen LogP contribution in [0.4, 0.5) is 5.69 Å². The molecule has 0 saturated carbocycles. The van der Waals surface area contributed by atoms with Crippen LogP contribution in [0.25, 0.3) is 0 Å². The lowest BCUT2D eigenvalue weighted by atomic mass is 10.0. The van der Waals surface area contributed by atoms with E-state index in [1.165, 1.54) is 4.90 Å². The summed E-state index contributed by atoms with van der Waals surface area (Å²) in [6.07, 6.45) is 2.06. The van der Waals surface area contributed by atoms with Crippen LogP contribution in [0.2, 0.25) is 0 Å². The molecule has 1 unspecified atom stereocenters. The summed E-state index contributed by atoms with van der Waals surface area (Å²) in [5, 5.41) is 6.04. The van der Waals surface area contributed by atoms with E-state index in [-0.39, 0.29) is 11.8 Å². The zero-order valence-corrected chi connectivity index (χ0v) is 12.2. The number of hydrogen-bond acceptors (Lipinski definition) is 3. The van der Waals surface area contributed by atoms with Crippen molar-refractivity contribution in [3.63, 3.8) is 0 Å². The van der Waals surface area contributed by atoms with E-state index in [4.69, 9.17) is 0 Å². The van der Waals surface area contributed by atoms with Crippen LogP contribution < -0.4 is 10.6 Å². The highest BCUT2D eigenvalue weighted by molar-refractivity contribution is 5.97. The number of fused-ring (bicyclic) bond motifs is 1. The first-order valence-corrected chi connectivity index (χ1v) is 6.88. The monoisotopic (exact) mass is 275 g/mol. The molecule has 0 saturated heterocycles. The highest BCUT2D eigenvalue weighted by Gasteiger charge is 2.19. The van der Waals surface area contributed by atoms with Gasteiger partial charge in [0.15, 0.2) is 0 Å². The van der Waals surface area contributed by atoms with Gasteiger partial charge in [-0.1, -0.05) is 0 Å². The average Bonchev–Trinajstić information content (AvgIpc) is 2.45. The number of aryl methyl sites for hydroxylation is 1. The maximum Gasteiger partial charge on any atom is 0.251 e. The molecule has 108 valence electrons. The van der Waals surface area contributed by atoms with Gasteiger partial charge in [0.25, 0.3) is 5.91 Å². The van der Waals surface area contributed by atoms with E-state index in [1.807, 2.05) is 12.1 Å². The van der Waals surface area contributed by atoms with Crippen LogP contribution in [0.5, 0.6) is 0 Å². The molecule has 2 rings (SSSR count). The van der Waals surface area contributed by atoms with Gasteiger partial charge < -0.3 is 15.5 Å². The molecule has 0 aliphatic carbocycles. The summed E-state index contributed by atoms with van der Waals surface area (Å²) < 4.78 is 0. The zero-order valence-electron chi connectivity index (χ0n) is 12.2. The largest absolute Gasteiger partial charge is 0.385 e. The topological polar surface area (TPSA) is 61.4 Å². The third kappa shape index (κ3) is 3.10. The lowest BCUT2D eigenvalue weighted by Crippen LogP contribution is -2.44. The fourth-order valence-corrected chi connectivity index (χ4v) is 2.35. The molecule has 2 N–H and O–H groups in total. The Kier molecular flexibility index (Phi) is 4.27. The first-order valence-electron chi connectivity index (χ1n) is 6.88. The maximum absolute atomic E-state index is 12.2. The van der Waals surface area contributed by atoms with Crippen molar-refractivity contribution in [1.29, 1.82) is 0 Å². The van der Waals surface area contributed by atoms with Gasteiger partial charge in [-0.25, -0.2) is 0 Å². The predicted octanol–water partition coefficient (Wildman–Crippen LogP) is 1.25.